The van der Waals surface area contributed by atoms with Crippen LogP contribution in [0.4, 0.5) is 10.1 Å². The van der Waals surface area contributed by atoms with Crippen LogP contribution in [-0.2, 0) is 11.2 Å². The normalized spacial score (nSPS) is 15.6. The van der Waals surface area contributed by atoms with Gasteiger partial charge in [0, 0.05) is 48.4 Å². The molecule has 0 radical (unpaired) electrons. The van der Waals surface area contributed by atoms with Gasteiger partial charge in [-0.25, -0.2) is 4.39 Å². The fraction of sp³-hybridized carbons (Fsp3) is 0.423. The highest BCUT2D eigenvalue weighted by molar-refractivity contribution is 5.95. The number of aromatic nitrogens is 1. The van der Waals surface area contributed by atoms with E-state index in [2.05, 4.69) is 39.9 Å². The van der Waals surface area contributed by atoms with Crippen LogP contribution in [0.2, 0.25) is 0 Å². The molecule has 3 aromatic rings. The van der Waals surface area contributed by atoms with Gasteiger partial charge in [0.05, 0.1) is 5.52 Å². The van der Waals surface area contributed by atoms with Gasteiger partial charge in [-0.2, -0.15) is 0 Å². The number of aryl methyl sites for hydroxylation is 1. The number of benzene rings is 2. The Balaban J connectivity index is 1.42. The zero-order chi connectivity index (χ0) is 22.0. The summed E-state index contributed by atoms with van der Waals surface area (Å²) in [6.07, 6.45) is 3.17. The number of hydrogen-bond donors (Lipinski definition) is 1. The number of nitrogens with zero attached hydrogens (tertiary/aromatic N) is 2. The Morgan fingerprint density at radius 2 is 1.81 bits per heavy atom. The molecular formula is C26H32FN3O. The molecule has 1 aliphatic rings. The lowest BCUT2D eigenvalue weighted by atomic mass is 10.0. The average Bonchev–Trinajstić information content (AvgIpc) is 3.08. The van der Waals surface area contributed by atoms with Crippen LogP contribution in [0, 0.1) is 18.7 Å². The van der Waals surface area contributed by atoms with Gasteiger partial charge in [-0.3, -0.25) is 4.79 Å². The molecule has 5 heteroatoms. The predicted octanol–water partition coefficient (Wildman–Crippen LogP) is 5.56. The molecule has 1 saturated heterocycles. The van der Waals surface area contributed by atoms with E-state index in [1.807, 2.05) is 32.0 Å². The molecule has 0 spiro atoms. The number of rotatable bonds is 6. The molecule has 1 aromatic heterocycles. The van der Waals surface area contributed by atoms with Gasteiger partial charge in [0.15, 0.2) is 0 Å². The van der Waals surface area contributed by atoms with Gasteiger partial charge in [-0.15, -0.1) is 0 Å². The molecule has 0 bridgehead atoms. The van der Waals surface area contributed by atoms with E-state index in [-0.39, 0.29) is 17.6 Å². The number of halogens is 1. The van der Waals surface area contributed by atoms with Crippen LogP contribution in [0.5, 0.6) is 0 Å². The first-order valence-corrected chi connectivity index (χ1v) is 11.3. The summed E-state index contributed by atoms with van der Waals surface area (Å²) < 4.78 is 15.5. The maximum atomic E-state index is 13.1. The van der Waals surface area contributed by atoms with E-state index in [0.717, 1.165) is 44.6 Å². The summed E-state index contributed by atoms with van der Waals surface area (Å²) in [5.74, 6) is -0.169. The van der Waals surface area contributed by atoms with Gasteiger partial charge in [0.25, 0.3) is 0 Å². The molecule has 2 heterocycles. The summed E-state index contributed by atoms with van der Waals surface area (Å²) in [6.45, 7) is 9.13. The SMILES string of the molecule is Cc1cc2ccc(NC(=O)C(C)C)cc2n1C1CCN(CCc2ccc(F)cc2)CC1. The molecule has 1 amide bonds. The summed E-state index contributed by atoms with van der Waals surface area (Å²) >= 11 is 0. The van der Waals surface area contributed by atoms with Crippen LogP contribution in [0.25, 0.3) is 10.9 Å². The molecule has 0 saturated carbocycles. The van der Waals surface area contributed by atoms with Gasteiger partial charge in [0.1, 0.15) is 5.82 Å². The fourth-order valence-corrected chi connectivity index (χ4v) is 4.55. The molecule has 31 heavy (non-hydrogen) atoms. The fourth-order valence-electron chi connectivity index (χ4n) is 4.55. The number of amides is 1. The molecule has 0 aliphatic carbocycles. The minimum absolute atomic E-state index is 0.0385. The summed E-state index contributed by atoms with van der Waals surface area (Å²) in [4.78, 5) is 14.6. The van der Waals surface area contributed by atoms with Crippen molar-refractivity contribution in [1.29, 1.82) is 0 Å². The monoisotopic (exact) mass is 421 g/mol. The molecule has 1 N–H and O–H groups in total. The Kier molecular flexibility index (Phi) is 6.42. The van der Waals surface area contributed by atoms with E-state index in [4.69, 9.17) is 0 Å². The molecule has 4 nitrogen and oxygen atoms in total. The van der Waals surface area contributed by atoms with Crippen LogP contribution >= 0.6 is 0 Å². The van der Waals surface area contributed by atoms with Crippen molar-refractivity contribution in [3.05, 3.63) is 65.6 Å². The van der Waals surface area contributed by atoms with Crippen molar-refractivity contribution in [2.75, 3.05) is 25.0 Å². The second-order valence-corrected chi connectivity index (χ2v) is 9.02. The van der Waals surface area contributed by atoms with Crippen molar-refractivity contribution in [2.45, 2.75) is 46.1 Å². The Morgan fingerprint density at radius 3 is 2.48 bits per heavy atom. The molecule has 0 atom stereocenters. The van der Waals surface area contributed by atoms with E-state index in [0.29, 0.717) is 6.04 Å². The Morgan fingerprint density at radius 1 is 1.10 bits per heavy atom. The highest BCUT2D eigenvalue weighted by Gasteiger charge is 2.23. The molecule has 0 unspecified atom stereocenters. The van der Waals surface area contributed by atoms with E-state index < -0.39 is 0 Å². The lowest BCUT2D eigenvalue weighted by Gasteiger charge is -2.34. The predicted molar refractivity (Wildman–Crippen MR) is 125 cm³/mol. The minimum atomic E-state index is -0.175. The molecular weight excluding hydrogens is 389 g/mol. The Labute approximate surface area is 184 Å². The first kappa shape index (κ1) is 21.6. The topological polar surface area (TPSA) is 37.3 Å². The van der Waals surface area contributed by atoms with E-state index in [9.17, 15) is 9.18 Å². The summed E-state index contributed by atoms with van der Waals surface area (Å²) in [7, 11) is 0. The standard InChI is InChI=1S/C26H32FN3O/c1-18(2)26(31)28-23-9-6-21-16-19(3)30(25(21)17-23)24-11-14-29(15-12-24)13-10-20-4-7-22(27)8-5-20/h4-9,16-18,24H,10-15H2,1-3H3,(H,28,31). The number of piperidine rings is 1. The minimum Gasteiger partial charge on any atom is -0.342 e. The number of carbonyl (C=O) groups excluding carboxylic acids is 1. The summed E-state index contributed by atoms with van der Waals surface area (Å²) in [5, 5.41) is 4.25. The third-order valence-corrected chi connectivity index (χ3v) is 6.38. The number of fused-ring (bicyclic) bond motifs is 1. The van der Waals surface area contributed by atoms with Gasteiger partial charge in [-0.1, -0.05) is 32.0 Å². The number of hydrogen-bond acceptors (Lipinski definition) is 2. The van der Waals surface area contributed by atoms with Gasteiger partial charge < -0.3 is 14.8 Å². The van der Waals surface area contributed by atoms with Gasteiger partial charge >= 0.3 is 0 Å². The van der Waals surface area contributed by atoms with Crippen LogP contribution in [0.3, 0.4) is 0 Å². The smallest absolute Gasteiger partial charge is 0.226 e. The zero-order valence-electron chi connectivity index (χ0n) is 18.7. The third-order valence-electron chi connectivity index (χ3n) is 6.38. The first-order valence-electron chi connectivity index (χ1n) is 11.3. The van der Waals surface area contributed by atoms with Crippen molar-refractivity contribution in [2.24, 2.45) is 5.92 Å². The zero-order valence-corrected chi connectivity index (χ0v) is 18.7. The Bertz CT molecular complexity index is 1050. The van der Waals surface area contributed by atoms with Crippen molar-refractivity contribution in [3.63, 3.8) is 0 Å². The number of nitrogens with one attached hydrogen (secondary N) is 1. The van der Waals surface area contributed by atoms with Crippen molar-refractivity contribution in [1.82, 2.24) is 9.47 Å². The lowest BCUT2D eigenvalue weighted by Crippen LogP contribution is -2.36. The van der Waals surface area contributed by atoms with Crippen LogP contribution in [0.1, 0.15) is 44.0 Å². The highest BCUT2D eigenvalue weighted by atomic mass is 19.1. The third kappa shape index (κ3) is 4.99. The highest BCUT2D eigenvalue weighted by Crippen LogP contribution is 2.32. The van der Waals surface area contributed by atoms with Crippen molar-refractivity contribution < 1.29 is 9.18 Å². The maximum Gasteiger partial charge on any atom is 0.226 e. The van der Waals surface area contributed by atoms with E-state index in [1.54, 1.807) is 12.1 Å². The molecule has 1 aliphatic heterocycles. The molecule has 1 fully saturated rings. The molecule has 164 valence electrons. The van der Waals surface area contributed by atoms with Crippen LogP contribution in [0.15, 0.2) is 48.5 Å². The number of carbonyl (C=O) groups is 1. The van der Waals surface area contributed by atoms with E-state index in [1.165, 1.54) is 22.2 Å². The average molecular weight is 422 g/mol. The summed E-state index contributed by atoms with van der Waals surface area (Å²) in [6, 6.07) is 15.8. The lowest BCUT2D eigenvalue weighted by molar-refractivity contribution is -0.118. The van der Waals surface area contributed by atoms with Gasteiger partial charge in [-0.05, 0) is 62.1 Å². The number of anilines is 1. The second kappa shape index (κ2) is 9.23. The first-order chi connectivity index (χ1) is 14.9. The van der Waals surface area contributed by atoms with Crippen molar-refractivity contribution >= 4 is 22.5 Å². The largest absolute Gasteiger partial charge is 0.342 e. The van der Waals surface area contributed by atoms with Crippen LogP contribution in [-0.4, -0.2) is 35.0 Å². The molecule has 4 rings (SSSR count). The van der Waals surface area contributed by atoms with Crippen molar-refractivity contribution in [3.8, 4) is 0 Å². The quantitative estimate of drug-likeness (QED) is 0.566. The second-order valence-electron chi connectivity index (χ2n) is 9.02. The Hall–Kier alpha value is -2.66. The maximum absolute atomic E-state index is 13.1. The number of likely N-dealkylation sites (tertiary alicyclic amines) is 1. The van der Waals surface area contributed by atoms with Gasteiger partial charge in [0.2, 0.25) is 5.91 Å². The van der Waals surface area contributed by atoms with Crippen LogP contribution < -0.4 is 5.32 Å². The molecule has 2 aromatic carbocycles. The van der Waals surface area contributed by atoms with E-state index >= 15 is 0 Å². The summed E-state index contributed by atoms with van der Waals surface area (Å²) in [5.41, 5.74) is 4.52.